The van der Waals surface area contributed by atoms with Gasteiger partial charge in [-0.2, -0.15) is 0 Å². The van der Waals surface area contributed by atoms with E-state index in [2.05, 4.69) is 6.92 Å². The Hall–Kier alpha value is -1.59. The number of nitrogens with zero attached hydrogens (tertiary/aromatic N) is 1. The molecule has 0 bridgehead atoms. The van der Waals surface area contributed by atoms with Crippen molar-refractivity contribution in [3.05, 3.63) is 29.8 Å². The van der Waals surface area contributed by atoms with E-state index in [0.29, 0.717) is 13.0 Å². The third kappa shape index (κ3) is 9.20. The van der Waals surface area contributed by atoms with Gasteiger partial charge in [-0.1, -0.05) is 44.7 Å². The number of benzene rings is 1. The molecular weight excluding hydrogens is 330 g/mol. The highest BCUT2D eigenvalue weighted by molar-refractivity contribution is 5.74. The molecule has 26 heavy (non-hydrogen) atoms. The molecule has 1 rings (SSSR count). The average molecular weight is 366 g/mol. The Morgan fingerprint density at radius 2 is 1.73 bits per heavy atom. The van der Waals surface area contributed by atoms with Crippen LogP contribution in [0, 0.1) is 0 Å². The van der Waals surface area contributed by atoms with E-state index in [1.165, 1.54) is 37.9 Å². The predicted molar refractivity (Wildman–Crippen MR) is 104 cm³/mol. The van der Waals surface area contributed by atoms with E-state index < -0.39 is 0 Å². The lowest BCUT2D eigenvalue weighted by atomic mass is 10.0. The molecule has 0 heterocycles. The van der Waals surface area contributed by atoms with Crippen molar-refractivity contribution < 1.29 is 19.1 Å². The van der Waals surface area contributed by atoms with Crippen LogP contribution in [0.25, 0.3) is 0 Å². The van der Waals surface area contributed by atoms with Crippen LogP contribution >= 0.6 is 0 Å². The van der Waals surface area contributed by atoms with Crippen LogP contribution in [-0.4, -0.2) is 38.3 Å². The van der Waals surface area contributed by atoms with Crippen molar-refractivity contribution in [2.24, 2.45) is 0 Å². The molecule has 5 nitrogen and oxygen atoms in total. The Bertz CT molecular complexity index is 489. The molecule has 0 saturated carbocycles. The maximum absolute atomic E-state index is 11.8. The van der Waals surface area contributed by atoms with Gasteiger partial charge in [0.2, 0.25) is 5.91 Å². The molecular formula is C21H35NO4. The van der Waals surface area contributed by atoms with Crippen LogP contribution in [-0.2, 0) is 21.0 Å². The lowest BCUT2D eigenvalue weighted by Crippen LogP contribution is -2.25. The number of rotatable bonds is 14. The topological polar surface area (TPSA) is 48.0 Å². The summed E-state index contributed by atoms with van der Waals surface area (Å²) >= 11 is 0. The zero-order valence-electron chi connectivity index (χ0n) is 16.8. The number of ether oxygens (including phenoxy) is 2. The van der Waals surface area contributed by atoms with Gasteiger partial charge in [-0.05, 0) is 37.0 Å². The van der Waals surface area contributed by atoms with Gasteiger partial charge in [-0.25, -0.2) is 5.06 Å². The quantitative estimate of drug-likeness (QED) is 0.353. The molecule has 0 aliphatic rings. The molecule has 0 saturated heterocycles. The standard InChI is InChI=1S/C21H35NO4/c1-5-6-7-8-10-20(11-9-12-21(23)22(2)25-4)26-17-18-13-15-19(24-3)16-14-18/h13-16,20H,5-12,17H2,1-4H3. The van der Waals surface area contributed by atoms with Gasteiger partial charge >= 0.3 is 0 Å². The number of hydrogen-bond donors (Lipinski definition) is 0. The summed E-state index contributed by atoms with van der Waals surface area (Å²) in [5.41, 5.74) is 1.14. The summed E-state index contributed by atoms with van der Waals surface area (Å²) in [6, 6.07) is 7.97. The number of hydrogen-bond acceptors (Lipinski definition) is 4. The van der Waals surface area contributed by atoms with Crippen molar-refractivity contribution in [3.8, 4) is 5.75 Å². The van der Waals surface area contributed by atoms with Crippen molar-refractivity contribution >= 4 is 5.91 Å². The Morgan fingerprint density at radius 1 is 1.04 bits per heavy atom. The number of unbranched alkanes of at least 4 members (excludes halogenated alkanes) is 3. The maximum Gasteiger partial charge on any atom is 0.245 e. The molecule has 1 unspecified atom stereocenters. The van der Waals surface area contributed by atoms with Crippen molar-refractivity contribution in [1.82, 2.24) is 5.06 Å². The Kier molecular flexibility index (Phi) is 11.7. The van der Waals surface area contributed by atoms with Gasteiger partial charge in [0, 0.05) is 13.5 Å². The number of carbonyl (C=O) groups is 1. The minimum Gasteiger partial charge on any atom is -0.497 e. The van der Waals surface area contributed by atoms with Gasteiger partial charge in [-0.15, -0.1) is 0 Å². The molecule has 1 atom stereocenters. The number of hydroxylamine groups is 2. The molecule has 0 fully saturated rings. The first kappa shape index (κ1) is 22.5. The van der Waals surface area contributed by atoms with Gasteiger partial charge in [-0.3, -0.25) is 9.63 Å². The lowest BCUT2D eigenvalue weighted by molar-refractivity contribution is -0.168. The molecule has 1 aromatic carbocycles. The summed E-state index contributed by atoms with van der Waals surface area (Å²) in [6.07, 6.45) is 8.34. The van der Waals surface area contributed by atoms with Crippen molar-refractivity contribution in [3.63, 3.8) is 0 Å². The minimum absolute atomic E-state index is 0.00684. The lowest BCUT2D eigenvalue weighted by Gasteiger charge is -2.19. The van der Waals surface area contributed by atoms with E-state index in [4.69, 9.17) is 14.3 Å². The zero-order chi connectivity index (χ0) is 19.2. The van der Waals surface area contributed by atoms with Gasteiger partial charge in [0.25, 0.3) is 0 Å². The average Bonchev–Trinajstić information content (AvgIpc) is 2.68. The smallest absolute Gasteiger partial charge is 0.245 e. The highest BCUT2D eigenvalue weighted by Crippen LogP contribution is 2.18. The molecule has 0 N–H and O–H groups in total. The van der Waals surface area contributed by atoms with Crippen LogP contribution in [0.1, 0.15) is 63.9 Å². The first-order valence-corrected chi connectivity index (χ1v) is 9.65. The third-order valence-corrected chi connectivity index (χ3v) is 4.57. The van der Waals surface area contributed by atoms with Gasteiger partial charge in [0.1, 0.15) is 5.75 Å². The fourth-order valence-corrected chi connectivity index (χ4v) is 2.79. The predicted octanol–water partition coefficient (Wildman–Crippen LogP) is 4.74. The molecule has 0 spiro atoms. The third-order valence-electron chi connectivity index (χ3n) is 4.57. The van der Waals surface area contributed by atoms with Crippen molar-refractivity contribution in [2.45, 2.75) is 71.0 Å². The number of carbonyl (C=O) groups excluding carboxylic acids is 1. The molecule has 0 aliphatic heterocycles. The van der Waals surface area contributed by atoms with E-state index in [9.17, 15) is 4.79 Å². The molecule has 5 heteroatoms. The fraction of sp³-hybridized carbons (Fsp3) is 0.667. The van der Waals surface area contributed by atoms with Gasteiger partial charge in [0.05, 0.1) is 26.9 Å². The zero-order valence-corrected chi connectivity index (χ0v) is 16.8. The summed E-state index contributed by atoms with van der Waals surface area (Å²) in [7, 11) is 4.82. The number of methoxy groups -OCH3 is 1. The van der Waals surface area contributed by atoms with E-state index >= 15 is 0 Å². The van der Waals surface area contributed by atoms with Crippen LogP contribution in [0.5, 0.6) is 5.75 Å². The molecule has 0 aromatic heterocycles. The van der Waals surface area contributed by atoms with Crippen molar-refractivity contribution in [1.29, 1.82) is 0 Å². The second-order valence-electron chi connectivity index (χ2n) is 6.60. The summed E-state index contributed by atoms with van der Waals surface area (Å²) in [5, 5.41) is 1.29. The van der Waals surface area contributed by atoms with Gasteiger partial charge < -0.3 is 9.47 Å². The fourth-order valence-electron chi connectivity index (χ4n) is 2.79. The molecule has 1 amide bonds. The van der Waals surface area contributed by atoms with Crippen LogP contribution in [0.15, 0.2) is 24.3 Å². The molecule has 0 radical (unpaired) electrons. The van der Waals surface area contributed by atoms with E-state index in [0.717, 1.165) is 30.6 Å². The second-order valence-corrected chi connectivity index (χ2v) is 6.60. The first-order chi connectivity index (χ1) is 12.6. The molecule has 0 aliphatic carbocycles. The molecule has 1 aromatic rings. The Labute approximate surface area is 158 Å². The normalized spacial score (nSPS) is 12.0. The summed E-state index contributed by atoms with van der Waals surface area (Å²) < 4.78 is 11.3. The van der Waals surface area contributed by atoms with Crippen LogP contribution in [0.3, 0.4) is 0 Å². The van der Waals surface area contributed by atoms with Crippen LogP contribution in [0.2, 0.25) is 0 Å². The van der Waals surface area contributed by atoms with Crippen LogP contribution < -0.4 is 4.74 Å². The summed E-state index contributed by atoms with van der Waals surface area (Å²) in [6.45, 7) is 2.81. The van der Waals surface area contributed by atoms with Crippen LogP contribution in [0.4, 0.5) is 0 Å². The Morgan fingerprint density at radius 3 is 2.35 bits per heavy atom. The first-order valence-electron chi connectivity index (χ1n) is 9.65. The number of amides is 1. The highest BCUT2D eigenvalue weighted by atomic mass is 16.7. The van der Waals surface area contributed by atoms with Gasteiger partial charge in [0.15, 0.2) is 0 Å². The molecule has 148 valence electrons. The highest BCUT2D eigenvalue weighted by Gasteiger charge is 2.13. The Balaban J connectivity index is 2.44. The monoisotopic (exact) mass is 365 g/mol. The van der Waals surface area contributed by atoms with E-state index in [-0.39, 0.29) is 12.0 Å². The van der Waals surface area contributed by atoms with Crippen molar-refractivity contribution in [2.75, 3.05) is 21.3 Å². The van der Waals surface area contributed by atoms with E-state index in [1.54, 1.807) is 14.2 Å². The largest absolute Gasteiger partial charge is 0.497 e. The summed E-state index contributed by atoms with van der Waals surface area (Å²) in [5.74, 6) is 0.859. The summed E-state index contributed by atoms with van der Waals surface area (Å²) in [4.78, 5) is 16.8. The maximum atomic E-state index is 11.8. The second kappa shape index (κ2) is 13.6. The van der Waals surface area contributed by atoms with E-state index in [1.807, 2.05) is 24.3 Å². The SMILES string of the molecule is CCCCCCC(CCCC(=O)N(C)OC)OCc1ccc(OC)cc1. The minimum atomic E-state index is 0.00684.